The Kier molecular flexibility index (Phi) is 4.36. The lowest BCUT2D eigenvalue weighted by molar-refractivity contribution is 0.147. The minimum atomic E-state index is 0.185. The van der Waals surface area contributed by atoms with Crippen molar-refractivity contribution in [2.24, 2.45) is 11.1 Å². The number of methoxy groups -OCH3 is 1. The van der Waals surface area contributed by atoms with Gasteiger partial charge in [-0.05, 0) is 36.3 Å². The molecule has 3 nitrogen and oxygen atoms in total. The maximum Gasteiger partial charge on any atom is 0.0670 e. The molecule has 3 heteroatoms. The molecule has 0 saturated heterocycles. The van der Waals surface area contributed by atoms with Gasteiger partial charge in [0.05, 0.1) is 12.6 Å². The third-order valence-electron chi connectivity index (χ3n) is 4.25. The van der Waals surface area contributed by atoms with E-state index in [4.69, 9.17) is 10.5 Å². The Hall–Kier alpha value is -0.800. The van der Waals surface area contributed by atoms with Crippen LogP contribution in [0, 0.1) is 5.41 Å². The van der Waals surface area contributed by atoms with Crippen molar-refractivity contribution in [3.8, 4) is 0 Å². The smallest absolute Gasteiger partial charge is 0.0670 e. The monoisotopic (exact) mass is 264 g/mol. The number of hydrogen-bond donors (Lipinski definition) is 1. The van der Waals surface area contributed by atoms with E-state index in [-0.39, 0.29) is 6.04 Å². The van der Waals surface area contributed by atoms with Gasteiger partial charge in [-0.15, -0.1) is 0 Å². The molecule has 1 aliphatic carbocycles. The van der Waals surface area contributed by atoms with Crippen LogP contribution in [0.15, 0.2) is 12.3 Å². The van der Waals surface area contributed by atoms with Crippen LogP contribution in [-0.4, -0.2) is 18.3 Å². The summed E-state index contributed by atoms with van der Waals surface area (Å²) >= 11 is 0. The Morgan fingerprint density at radius 1 is 1.53 bits per heavy atom. The van der Waals surface area contributed by atoms with E-state index in [0.29, 0.717) is 11.5 Å². The highest BCUT2D eigenvalue weighted by Gasteiger charge is 2.33. The number of ether oxygens (including phenoxy) is 1. The first-order valence-corrected chi connectivity index (χ1v) is 7.42. The predicted molar refractivity (Wildman–Crippen MR) is 79.3 cm³/mol. The maximum atomic E-state index is 6.34. The molecular formula is C16H28N2O. The number of hydrogen-bond acceptors (Lipinski definition) is 2. The van der Waals surface area contributed by atoms with Crippen molar-refractivity contribution in [1.82, 2.24) is 4.57 Å². The Morgan fingerprint density at radius 3 is 2.89 bits per heavy atom. The first kappa shape index (κ1) is 14.6. The average Bonchev–Trinajstić information content (AvgIpc) is 2.71. The molecule has 0 radical (unpaired) electrons. The standard InChI is InChI=1S/C16H28N2O/c1-5-6-12(11-19-4)18-8-7-13-14(17)9-16(2,3)10-15(13)18/h7-8,12,14H,5-6,9-11,17H2,1-4H3. The van der Waals surface area contributed by atoms with Crippen LogP contribution in [0.3, 0.4) is 0 Å². The van der Waals surface area contributed by atoms with Gasteiger partial charge in [-0.25, -0.2) is 0 Å². The van der Waals surface area contributed by atoms with Gasteiger partial charge < -0.3 is 15.0 Å². The van der Waals surface area contributed by atoms with Gasteiger partial charge in [0.15, 0.2) is 0 Å². The van der Waals surface area contributed by atoms with Gasteiger partial charge in [0, 0.05) is 25.0 Å². The van der Waals surface area contributed by atoms with Crippen LogP contribution in [-0.2, 0) is 11.2 Å². The Bertz CT molecular complexity index is 416. The number of nitrogens with zero attached hydrogens (tertiary/aromatic N) is 1. The third-order valence-corrected chi connectivity index (χ3v) is 4.25. The topological polar surface area (TPSA) is 40.2 Å². The maximum absolute atomic E-state index is 6.34. The number of fused-ring (bicyclic) bond motifs is 1. The van der Waals surface area contributed by atoms with E-state index in [9.17, 15) is 0 Å². The first-order valence-electron chi connectivity index (χ1n) is 7.42. The summed E-state index contributed by atoms with van der Waals surface area (Å²) in [5.74, 6) is 0. The molecule has 1 heterocycles. The fourth-order valence-corrected chi connectivity index (χ4v) is 3.43. The number of nitrogens with two attached hydrogens (primary N) is 1. The van der Waals surface area contributed by atoms with Crippen molar-refractivity contribution < 1.29 is 4.74 Å². The minimum absolute atomic E-state index is 0.185. The van der Waals surface area contributed by atoms with Crippen molar-refractivity contribution in [1.29, 1.82) is 0 Å². The lowest BCUT2D eigenvalue weighted by atomic mass is 9.74. The second-order valence-corrected chi connectivity index (χ2v) is 6.67. The summed E-state index contributed by atoms with van der Waals surface area (Å²) in [6, 6.07) is 2.85. The fraction of sp³-hybridized carbons (Fsp3) is 0.750. The van der Waals surface area contributed by atoms with Gasteiger partial charge in [-0.2, -0.15) is 0 Å². The zero-order chi connectivity index (χ0) is 14.0. The van der Waals surface area contributed by atoms with Gasteiger partial charge in [0.1, 0.15) is 0 Å². The lowest BCUT2D eigenvalue weighted by Crippen LogP contribution is -2.31. The van der Waals surface area contributed by atoms with Gasteiger partial charge in [0.2, 0.25) is 0 Å². The zero-order valence-corrected chi connectivity index (χ0v) is 12.8. The molecule has 2 N–H and O–H groups in total. The molecule has 2 atom stereocenters. The van der Waals surface area contributed by atoms with Gasteiger partial charge in [0.25, 0.3) is 0 Å². The van der Waals surface area contributed by atoms with Crippen LogP contribution >= 0.6 is 0 Å². The highest BCUT2D eigenvalue weighted by Crippen LogP contribution is 2.41. The van der Waals surface area contributed by atoms with Gasteiger partial charge in [-0.3, -0.25) is 0 Å². The minimum Gasteiger partial charge on any atom is -0.383 e. The summed E-state index contributed by atoms with van der Waals surface area (Å²) < 4.78 is 7.82. The molecule has 0 fully saturated rings. The van der Waals surface area contributed by atoms with Crippen LogP contribution in [0.5, 0.6) is 0 Å². The van der Waals surface area contributed by atoms with Gasteiger partial charge in [-0.1, -0.05) is 27.2 Å². The summed E-state index contributed by atoms with van der Waals surface area (Å²) in [6.45, 7) is 7.65. The van der Waals surface area contributed by atoms with E-state index >= 15 is 0 Å². The van der Waals surface area contributed by atoms with Crippen molar-refractivity contribution >= 4 is 0 Å². The highest BCUT2D eigenvalue weighted by molar-refractivity contribution is 5.30. The predicted octanol–water partition coefficient (Wildman–Crippen LogP) is 3.45. The van der Waals surface area contributed by atoms with E-state index in [1.807, 2.05) is 0 Å². The molecule has 2 unspecified atom stereocenters. The van der Waals surface area contributed by atoms with Crippen molar-refractivity contribution in [3.63, 3.8) is 0 Å². The van der Waals surface area contributed by atoms with E-state index in [1.54, 1.807) is 7.11 Å². The zero-order valence-electron chi connectivity index (χ0n) is 12.8. The van der Waals surface area contributed by atoms with Crippen LogP contribution in [0.1, 0.15) is 63.4 Å². The Balaban J connectivity index is 2.33. The quantitative estimate of drug-likeness (QED) is 0.885. The second kappa shape index (κ2) is 5.68. The van der Waals surface area contributed by atoms with E-state index in [0.717, 1.165) is 25.9 Å². The Morgan fingerprint density at radius 2 is 2.26 bits per heavy atom. The molecule has 0 bridgehead atoms. The van der Waals surface area contributed by atoms with Crippen LogP contribution in [0.2, 0.25) is 0 Å². The molecule has 0 aliphatic heterocycles. The SMILES string of the molecule is CCCC(COC)n1ccc2c1CC(C)(C)CC2N. The molecule has 2 rings (SSSR count). The van der Waals surface area contributed by atoms with Crippen molar-refractivity contribution in [3.05, 3.63) is 23.5 Å². The molecule has 19 heavy (non-hydrogen) atoms. The highest BCUT2D eigenvalue weighted by atomic mass is 16.5. The molecule has 1 aromatic heterocycles. The largest absolute Gasteiger partial charge is 0.383 e. The van der Waals surface area contributed by atoms with E-state index < -0.39 is 0 Å². The van der Waals surface area contributed by atoms with Crippen LogP contribution in [0.25, 0.3) is 0 Å². The van der Waals surface area contributed by atoms with E-state index in [1.165, 1.54) is 17.7 Å². The molecule has 108 valence electrons. The van der Waals surface area contributed by atoms with Crippen molar-refractivity contribution in [2.45, 2.75) is 58.5 Å². The fourth-order valence-electron chi connectivity index (χ4n) is 3.43. The summed E-state index contributed by atoms with van der Waals surface area (Å²) in [7, 11) is 1.79. The Labute approximate surface area is 117 Å². The van der Waals surface area contributed by atoms with Crippen LogP contribution < -0.4 is 5.73 Å². The number of rotatable bonds is 5. The molecular weight excluding hydrogens is 236 g/mol. The summed E-state index contributed by atoms with van der Waals surface area (Å²) in [5, 5.41) is 0. The third kappa shape index (κ3) is 3.03. The molecule has 1 aliphatic rings. The van der Waals surface area contributed by atoms with Crippen LogP contribution in [0.4, 0.5) is 0 Å². The normalized spacial score (nSPS) is 23.1. The summed E-state index contributed by atoms with van der Waals surface area (Å²) in [4.78, 5) is 0. The number of aromatic nitrogens is 1. The first-order chi connectivity index (χ1) is 8.98. The average molecular weight is 264 g/mol. The van der Waals surface area contributed by atoms with Gasteiger partial charge >= 0.3 is 0 Å². The van der Waals surface area contributed by atoms with E-state index in [2.05, 4.69) is 37.6 Å². The molecule has 0 saturated carbocycles. The molecule has 0 spiro atoms. The summed E-state index contributed by atoms with van der Waals surface area (Å²) in [5.41, 5.74) is 9.41. The molecule has 0 amide bonds. The second-order valence-electron chi connectivity index (χ2n) is 6.67. The van der Waals surface area contributed by atoms with Crippen molar-refractivity contribution in [2.75, 3.05) is 13.7 Å². The summed E-state index contributed by atoms with van der Waals surface area (Å²) in [6.07, 6.45) is 6.74. The molecule has 1 aromatic rings. The lowest BCUT2D eigenvalue weighted by Gasteiger charge is -2.35. The molecule has 0 aromatic carbocycles.